The van der Waals surface area contributed by atoms with Crippen LogP contribution in [-0.2, 0) is 11.3 Å². The van der Waals surface area contributed by atoms with E-state index < -0.39 is 5.97 Å². The molecule has 6 heteroatoms. The Hall–Kier alpha value is -2.08. The lowest BCUT2D eigenvalue weighted by molar-refractivity contribution is -0.130. The van der Waals surface area contributed by atoms with E-state index in [0.717, 1.165) is 44.5 Å². The van der Waals surface area contributed by atoms with E-state index in [-0.39, 0.29) is 11.5 Å². The molecule has 130 valence electrons. The number of methoxy groups -OCH3 is 1. The van der Waals surface area contributed by atoms with Crippen LogP contribution in [0.3, 0.4) is 0 Å². The summed E-state index contributed by atoms with van der Waals surface area (Å²) in [6.45, 7) is 3.42. The number of carbonyl (C=O) groups excluding carboxylic acids is 1. The lowest BCUT2D eigenvalue weighted by atomic mass is 10.0. The molecule has 0 radical (unpaired) electrons. The highest BCUT2D eigenvalue weighted by atomic mass is 16.5. The molecule has 1 N–H and O–H groups in total. The summed E-state index contributed by atoms with van der Waals surface area (Å²) in [6.07, 6.45) is 3.77. The van der Waals surface area contributed by atoms with Crippen LogP contribution in [0.4, 0.5) is 0 Å². The van der Waals surface area contributed by atoms with E-state index in [1.165, 1.54) is 7.11 Å². The molecular formula is C18H24N2O4. The third kappa shape index (κ3) is 3.53. The maximum atomic E-state index is 12.0. The van der Waals surface area contributed by atoms with Gasteiger partial charge >= 0.3 is 5.97 Å². The SMILES string of the molecule is COc1ccc(CN2CCC[C@H](N3CCCC3=O)C2)cc1C(=O)O. The van der Waals surface area contributed by atoms with Gasteiger partial charge in [-0.05, 0) is 43.5 Å². The molecule has 3 rings (SSSR count). The number of likely N-dealkylation sites (tertiary alicyclic amines) is 2. The number of rotatable bonds is 5. The van der Waals surface area contributed by atoms with Gasteiger partial charge < -0.3 is 14.7 Å². The fourth-order valence-corrected chi connectivity index (χ4v) is 3.76. The molecule has 2 aliphatic heterocycles. The van der Waals surface area contributed by atoms with E-state index in [1.54, 1.807) is 12.1 Å². The van der Waals surface area contributed by atoms with Crippen LogP contribution < -0.4 is 4.74 Å². The number of aromatic carboxylic acids is 1. The Bertz CT molecular complexity index is 631. The number of hydrogen-bond donors (Lipinski definition) is 1. The van der Waals surface area contributed by atoms with E-state index in [0.29, 0.717) is 24.8 Å². The number of carbonyl (C=O) groups is 2. The molecule has 0 spiro atoms. The summed E-state index contributed by atoms with van der Waals surface area (Å²) < 4.78 is 5.11. The molecule has 6 nitrogen and oxygen atoms in total. The van der Waals surface area contributed by atoms with E-state index >= 15 is 0 Å². The van der Waals surface area contributed by atoms with Crippen molar-refractivity contribution in [2.45, 2.75) is 38.3 Å². The molecule has 0 bridgehead atoms. The molecule has 0 saturated carbocycles. The first kappa shape index (κ1) is 16.8. The van der Waals surface area contributed by atoms with Crippen LogP contribution in [0.2, 0.25) is 0 Å². The minimum absolute atomic E-state index is 0.193. The fourth-order valence-electron chi connectivity index (χ4n) is 3.76. The summed E-state index contributed by atoms with van der Waals surface area (Å²) in [4.78, 5) is 27.6. The maximum absolute atomic E-state index is 12.0. The predicted octanol–water partition coefficient (Wildman–Crippen LogP) is 1.98. The van der Waals surface area contributed by atoms with Crippen LogP contribution in [0.25, 0.3) is 0 Å². The standard InChI is InChI=1S/C18H24N2O4/c1-24-16-7-6-13(10-15(16)18(22)23)11-19-8-2-4-14(12-19)20-9-3-5-17(20)21/h6-7,10,14H,2-5,8-9,11-12H2,1H3,(H,22,23)/t14-/m0/s1. The Labute approximate surface area is 142 Å². The zero-order valence-electron chi connectivity index (χ0n) is 14.0. The van der Waals surface area contributed by atoms with Gasteiger partial charge in [0, 0.05) is 32.1 Å². The van der Waals surface area contributed by atoms with Crippen LogP contribution in [-0.4, -0.2) is 59.6 Å². The van der Waals surface area contributed by atoms with Gasteiger partial charge in [0.05, 0.1) is 7.11 Å². The van der Waals surface area contributed by atoms with Crippen LogP contribution in [0, 0.1) is 0 Å². The Morgan fingerprint density at radius 2 is 2.17 bits per heavy atom. The molecule has 0 aromatic heterocycles. The minimum Gasteiger partial charge on any atom is -0.496 e. The molecule has 0 unspecified atom stereocenters. The third-order valence-corrected chi connectivity index (χ3v) is 4.93. The molecule has 24 heavy (non-hydrogen) atoms. The zero-order valence-corrected chi connectivity index (χ0v) is 14.0. The maximum Gasteiger partial charge on any atom is 0.339 e. The van der Waals surface area contributed by atoms with Crippen molar-refractivity contribution >= 4 is 11.9 Å². The van der Waals surface area contributed by atoms with Crippen LogP contribution >= 0.6 is 0 Å². The first-order valence-corrected chi connectivity index (χ1v) is 8.50. The van der Waals surface area contributed by atoms with E-state index in [1.807, 2.05) is 11.0 Å². The summed E-state index contributed by atoms with van der Waals surface area (Å²) >= 11 is 0. The van der Waals surface area contributed by atoms with Gasteiger partial charge in [0.25, 0.3) is 0 Å². The van der Waals surface area contributed by atoms with Gasteiger partial charge in [0.15, 0.2) is 0 Å². The van der Waals surface area contributed by atoms with Gasteiger partial charge in [-0.3, -0.25) is 9.69 Å². The van der Waals surface area contributed by atoms with Gasteiger partial charge in [-0.2, -0.15) is 0 Å². The highest BCUT2D eigenvalue weighted by Crippen LogP contribution is 2.24. The van der Waals surface area contributed by atoms with Crippen LogP contribution in [0.1, 0.15) is 41.6 Å². The highest BCUT2D eigenvalue weighted by molar-refractivity contribution is 5.91. The highest BCUT2D eigenvalue weighted by Gasteiger charge is 2.31. The monoisotopic (exact) mass is 332 g/mol. The van der Waals surface area contributed by atoms with Gasteiger partial charge in [0.2, 0.25) is 5.91 Å². The number of hydrogen-bond acceptors (Lipinski definition) is 4. The van der Waals surface area contributed by atoms with Gasteiger partial charge in [0.1, 0.15) is 11.3 Å². The molecule has 2 saturated heterocycles. The van der Waals surface area contributed by atoms with Crippen molar-refractivity contribution in [1.82, 2.24) is 9.80 Å². The lowest BCUT2D eigenvalue weighted by Crippen LogP contribution is -2.48. The van der Waals surface area contributed by atoms with E-state index in [2.05, 4.69) is 4.90 Å². The molecule has 1 atom stereocenters. The molecule has 1 amide bonds. The average molecular weight is 332 g/mol. The van der Waals surface area contributed by atoms with Crippen LogP contribution in [0.15, 0.2) is 18.2 Å². The first-order chi connectivity index (χ1) is 11.6. The minimum atomic E-state index is -0.979. The van der Waals surface area contributed by atoms with Gasteiger partial charge in [-0.15, -0.1) is 0 Å². The van der Waals surface area contributed by atoms with Crippen LogP contribution in [0.5, 0.6) is 5.75 Å². The second-order valence-electron chi connectivity index (χ2n) is 6.56. The number of carboxylic acids is 1. The number of amides is 1. The van der Waals surface area contributed by atoms with Gasteiger partial charge in [-0.25, -0.2) is 4.79 Å². The van der Waals surface area contributed by atoms with E-state index in [9.17, 15) is 14.7 Å². The number of nitrogens with zero attached hydrogens (tertiary/aromatic N) is 2. The Kier molecular flexibility index (Phi) is 5.04. The van der Waals surface area contributed by atoms with Crippen molar-refractivity contribution in [3.63, 3.8) is 0 Å². The summed E-state index contributed by atoms with van der Waals surface area (Å²) in [7, 11) is 1.48. The summed E-state index contributed by atoms with van der Waals surface area (Å²) in [5.41, 5.74) is 1.15. The Morgan fingerprint density at radius 1 is 1.33 bits per heavy atom. The third-order valence-electron chi connectivity index (χ3n) is 4.93. The fraction of sp³-hybridized carbons (Fsp3) is 0.556. The van der Waals surface area contributed by atoms with Crippen molar-refractivity contribution in [2.24, 2.45) is 0 Å². The second kappa shape index (κ2) is 7.21. The summed E-state index contributed by atoms with van der Waals surface area (Å²) in [5, 5.41) is 9.30. The van der Waals surface area contributed by atoms with Crippen molar-refractivity contribution in [3.05, 3.63) is 29.3 Å². The van der Waals surface area contributed by atoms with Gasteiger partial charge in [-0.1, -0.05) is 6.07 Å². The van der Waals surface area contributed by atoms with Crippen molar-refractivity contribution < 1.29 is 19.4 Å². The smallest absolute Gasteiger partial charge is 0.339 e. The Morgan fingerprint density at radius 3 is 2.83 bits per heavy atom. The molecule has 2 heterocycles. The molecule has 2 aliphatic rings. The molecule has 0 aliphatic carbocycles. The zero-order chi connectivity index (χ0) is 17.1. The number of piperidine rings is 1. The van der Waals surface area contributed by atoms with Crippen molar-refractivity contribution in [3.8, 4) is 5.75 Å². The Balaban J connectivity index is 1.68. The average Bonchev–Trinajstić information content (AvgIpc) is 3.01. The normalized spacial score (nSPS) is 22.0. The summed E-state index contributed by atoms with van der Waals surface area (Å²) in [6, 6.07) is 5.61. The largest absolute Gasteiger partial charge is 0.496 e. The molecule has 2 fully saturated rings. The molecular weight excluding hydrogens is 308 g/mol. The number of ether oxygens (including phenoxy) is 1. The number of carboxylic acid groups (broad SMARTS) is 1. The lowest BCUT2D eigenvalue weighted by Gasteiger charge is -2.37. The number of benzene rings is 1. The quantitative estimate of drug-likeness (QED) is 0.893. The first-order valence-electron chi connectivity index (χ1n) is 8.50. The molecule has 1 aromatic carbocycles. The van der Waals surface area contributed by atoms with Crippen molar-refractivity contribution in [1.29, 1.82) is 0 Å². The summed E-state index contributed by atoms with van der Waals surface area (Å²) in [5.74, 6) is -0.322. The second-order valence-corrected chi connectivity index (χ2v) is 6.56. The van der Waals surface area contributed by atoms with E-state index in [4.69, 9.17) is 4.74 Å². The molecule has 1 aromatic rings. The van der Waals surface area contributed by atoms with Crippen molar-refractivity contribution in [2.75, 3.05) is 26.7 Å². The predicted molar refractivity (Wildman–Crippen MR) is 89.2 cm³/mol. The topological polar surface area (TPSA) is 70.1 Å².